The van der Waals surface area contributed by atoms with E-state index < -0.39 is 0 Å². The zero-order valence-electron chi connectivity index (χ0n) is 29.0. The maximum Gasteiger partial charge on any atom is 0.170 e. The monoisotopic (exact) mass is 677 g/mol. The molecule has 7 heteroatoms. The molecular weight excluding hydrogens is 622 g/mol. The number of aromatic amines is 1. The lowest BCUT2D eigenvalue weighted by Crippen LogP contribution is -2.28. The van der Waals surface area contributed by atoms with Gasteiger partial charge in [0.2, 0.25) is 0 Å². The summed E-state index contributed by atoms with van der Waals surface area (Å²) in [7, 11) is 0. The summed E-state index contributed by atoms with van der Waals surface area (Å²) in [6.45, 7) is 19.0. The Hall–Kier alpha value is -2.80. The summed E-state index contributed by atoms with van der Waals surface area (Å²) >= 11 is 3.59. The highest BCUT2D eigenvalue weighted by Crippen LogP contribution is 2.39. The van der Waals surface area contributed by atoms with Crippen molar-refractivity contribution in [3.05, 3.63) is 75.1 Å². The Morgan fingerprint density at radius 1 is 0.889 bits per heavy atom. The highest BCUT2D eigenvalue weighted by atomic mass is 79.9. The quantitative estimate of drug-likeness (QED) is 0.103. The first-order valence-corrected chi connectivity index (χ1v) is 18.0. The van der Waals surface area contributed by atoms with Gasteiger partial charge in [0.25, 0.3) is 0 Å². The highest BCUT2D eigenvalue weighted by molar-refractivity contribution is 9.10. The summed E-state index contributed by atoms with van der Waals surface area (Å²) < 4.78 is 9.57. The van der Waals surface area contributed by atoms with Gasteiger partial charge >= 0.3 is 0 Å². The average Bonchev–Trinajstić information content (AvgIpc) is 3.55. The van der Waals surface area contributed by atoms with Crippen molar-refractivity contribution in [1.82, 2.24) is 19.8 Å². The Balaban J connectivity index is 1.39. The number of nitrogens with zero attached hydrogens (tertiary/aromatic N) is 3. The van der Waals surface area contributed by atoms with Crippen molar-refractivity contribution in [3.63, 3.8) is 0 Å². The Morgan fingerprint density at radius 3 is 2.29 bits per heavy atom. The van der Waals surface area contributed by atoms with Gasteiger partial charge in [-0.15, -0.1) is 9.73 Å². The molecule has 246 valence electrons. The van der Waals surface area contributed by atoms with Crippen molar-refractivity contribution in [2.24, 2.45) is 0 Å². The number of ether oxygens (including phenoxy) is 1. The van der Waals surface area contributed by atoms with E-state index in [2.05, 4.69) is 127 Å². The van der Waals surface area contributed by atoms with Crippen LogP contribution < -0.4 is 10.1 Å². The first-order chi connectivity index (χ1) is 21.5. The predicted octanol–water partition coefficient (Wildman–Crippen LogP) is 10.5. The molecule has 6 nitrogen and oxygen atoms in total. The fourth-order valence-corrected chi connectivity index (χ4v) is 6.04. The molecule has 2 N–H and O–H groups in total. The van der Waals surface area contributed by atoms with E-state index in [0.29, 0.717) is 0 Å². The second kappa shape index (κ2) is 15.7. The Bertz CT molecular complexity index is 1500. The summed E-state index contributed by atoms with van der Waals surface area (Å²) in [4.78, 5) is 3.39. The summed E-state index contributed by atoms with van der Waals surface area (Å²) in [6, 6.07) is 15.8. The molecule has 4 aromatic rings. The molecule has 0 aliphatic heterocycles. The minimum absolute atomic E-state index is 0.0449. The number of hydrogen-bond donors (Lipinski definition) is 2. The van der Waals surface area contributed by atoms with E-state index >= 15 is 0 Å². The Labute approximate surface area is 280 Å². The minimum atomic E-state index is 0.0449. The smallest absolute Gasteiger partial charge is 0.170 e. The van der Waals surface area contributed by atoms with Crippen LogP contribution in [0.2, 0.25) is 0 Å². The van der Waals surface area contributed by atoms with Crippen LogP contribution in [0.3, 0.4) is 0 Å². The standard InChI is InChI=1S/C38H56BrN5O/c1-9-12-13-14-17-31(45-33-24-21-29(37(5,6)10-2)25-32(33)38(7,8)11-3)26-40-30-22-19-28(20-23-30)16-15-18-34-41-36-35(39)27(4)42-44(36)43-34/h19-25,31,40H,9-18,26H2,1-8H3,(H,41,43). The van der Waals surface area contributed by atoms with Gasteiger partial charge < -0.3 is 15.0 Å². The highest BCUT2D eigenvalue weighted by Gasteiger charge is 2.27. The fourth-order valence-electron chi connectivity index (χ4n) is 5.70. The molecule has 2 aromatic heterocycles. The SMILES string of the molecule is CCCCCCC(CNc1ccc(CCCc2nn3nc(C)c(Br)c3[nH]2)cc1)Oc1ccc(C(C)(C)CC)cc1C(C)(C)CC. The van der Waals surface area contributed by atoms with E-state index in [1.807, 2.05) is 6.92 Å². The van der Waals surface area contributed by atoms with Crippen molar-refractivity contribution < 1.29 is 4.74 Å². The normalized spacial score (nSPS) is 13.0. The number of anilines is 1. The molecule has 0 spiro atoms. The average molecular weight is 679 g/mol. The largest absolute Gasteiger partial charge is 0.488 e. The number of rotatable bonds is 18. The third-order valence-electron chi connectivity index (χ3n) is 9.75. The van der Waals surface area contributed by atoms with Gasteiger partial charge in [0.05, 0.1) is 16.7 Å². The maximum absolute atomic E-state index is 6.91. The topological polar surface area (TPSA) is 67.2 Å². The van der Waals surface area contributed by atoms with Gasteiger partial charge in [-0.3, -0.25) is 0 Å². The van der Waals surface area contributed by atoms with Crippen LogP contribution in [0.1, 0.15) is 128 Å². The lowest BCUT2D eigenvalue weighted by Gasteiger charge is -2.32. The summed E-state index contributed by atoms with van der Waals surface area (Å²) in [5.74, 6) is 2.01. The van der Waals surface area contributed by atoms with Crippen molar-refractivity contribution in [2.75, 3.05) is 11.9 Å². The number of fused-ring (bicyclic) bond motifs is 1. The van der Waals surface area contributed by atoms with E-state index in [4.69, 9.17) is 4.74 Å². The van der Waals surface area contributed by atoms with Gasteiger partial charge in [0.15, 0.2) is 5.65 Å². The molecule has 0 fully saturated rings. The zero-order chi connectivity index (χ0) is 32.6. The molecule has 0 aliphatic carbocycles. The third-order valence-corrected chi connectivity index (χ3v) is 10.7. The van der Waals surface area contributed by atoms with Crippen LogP contribution in [0.5, 0.6) is 5.75 Å². The van der Waals surface area contributed by atoms with Gasteiger partial charge in [-0.1, -0.05) is 92.0 Å². The van der Waals surface area contributed by atoms with Crippen LogP contribution in [-0.4, -0.2) is 32.5 Å². The summed E-state index contributed by atoms with van der Waals surface area (Å²) in [5.41, 5.74) is 7.26. The van der Waals surface area contributed by atoms with Crippen molar-refractivity contribution in [1.29, 1.82) is 0 Å². The van der Waals surface area contributed by atoms with Gasteiger partial charge in [-0.05, 0) is 102 Å². The third kappa shape index (κ3) is 9.15. The first-order valence-electron chi connectivity index (χ1n) is 17.2. The number of aromatic nitrogens is 4. The number of H-pyrrole nitrogens is 1. The molecule has 1 unspecified atom stereocenters. The zero-order valence-corrected chi connectivity index (χ0v) is 30.6. The molecule has 0 radical (unpaired) electrons. The van der Waals surface area contributed by atoms with Crippen LogP contribution in [0.25, 0.3) is 5.65 Å². The first kappa shape index (κ1) is 35.1. The second-order valence-electron chi connectivity index (χ2n) is 14.0. The molecule has 2 aromatic carbocycles. The number of aryl methyl sites for hydroxylation is 3. The predicted molar refractivity (Wildman–Crippen MR) is 193 cm³/mol. The van der Waals surface area contributed by atoms with E-state index in [9.17, 15) is 0 Å². The molecular formula is C38H56BrN5O. The maximum atomic E-state index is 6.91. The van der Waals surface area contributed by atoms with Crippen LogP contribution >= 0.6 is 15.9 Å². The number of nitrogens with one attached hydrogen (secondary N) is 2. The molecule has 0 saturated heterocycles. The number of unbranched alkanes of at least 4 members (excludes halogenated alkanes) is 3. The molecule has 0 aliphatic rings. The van der Waals surface area contributed by atoms with Crippen LogP contribution in [0.4, 0.5) is 5.69 Å². The Kier molecular flexibility index (Phi) is 12.2. The minimum Gasteiger partial charge on any atom is -0.488 e. The lowest BCUT2D eigenvalue weighted by atomic mass is 9.76. The van der Waals surface area contributed by atoms with E-state index in [0.717, 1.165) is 78.1 Å². The fraction of sp³-hybridized carbons (Fsp3) is 0.579. The molecule has 45 heavy (non-hydrogen) atoms. The Morgan fingerprint density at radius 2 is 1.62 bits per heavy atom. The van der Waals surface area contributed by atoms with Crippen molar-refractivity contribution >= 4 is 27.3 Å². The number of hydrogen-bond acceptors (Lipinski definition) is 4. The molecule has 2 heterocycles. The molecule has 4 rings (SSSR count). The van der Waals surface area contributed by atoms with E-state index in [-0.39, 0.29) is 16.9 Å². The summed E-state index contributed by atoms with van der Waals surface area (Å²) in [5, 5.41) is 12.7. The second-order valence-corrected chi connectivity index (χ2v) is 14.8. The van der Waals surface area contributed by atoms with Crippen molar-refractivity contribution in [3.8, 4) is 5.75 Å². The van der Waals surface area contributed by atoms with Gasteiger partial charge in [0.1, 0.15) is 17.7 Å². The van der Waals surface area contributed by atoms with E-state index in [1.165, 1.54) is 42.4 Å². The van der Waals surface area contributed by atoms with Gasteiger partial charge in [-0.25, -0.2) is 0 Å². The van der Waals surface area contributed by atoms with E-state index in [1.54, 1.807) is 4.63 Å². The molecule has 0 saturated carbocycles. The lowest BCUT2D eigenvalue weighted by molar-refractivity contribution is 0.194. The van der Waals surface area contributed by atoms with Crippen LogP contribution in [0.15, 0.2) is 46.9 Å². The molecule has 0 bridgehead atoms. The number of halogens is 1. The van der Waals surface area contributed by atoms with Crippen molar-refractivity contribution in [2.45, 2.75) is 137 Å². The van der Waals surface area contributed by atoms with Crippen LogP contribution in [0, 0.1) is 6.92 Å². The van der Waals surface area contributed by atoms with Gasteiger partial charge in [-0.2, -0.15) is 5.10 Å². The molecule has 0 amide bonds. The summed E-state index contributed by atoms with van der Waals surface area (Å²) in [6.07, 6.45) is 11.2. The number of benzene rings is 2. The molecule has 1 atom stereocenters. The van der Waals surface area contributed by atoms with Crippen LogP contribution in [-0.2, 0) is 23.7 Å². The van der Waals surface area contributed by atoms with Gasteiger partial charge in [0, 0.05) is 17.7 Å².